The van der Waals surface area contributed by atoms with Crippen LogP contribution in [0.15, 0.2) is 71.5 Å². The van der Waals surface area contributed by atoms with E-state index in [4.69, 9.17) is 0 Å². The molecule has 104 valence electrons. The fourth-order valence-electron chi connectivity index (χ4n) is 3.10. The lowest BCUT2D eigenvalue weighted by Gasteiger charge is -2.03. The molecule has 3 heteroatoms. The van der Waals surface area contributed by atoms with Crippen LogP contribution in [0.2, 0.25) is 0 Å². The van der Waals surface area contributed by atoms with Crippen molar-refractivity contribution in [1.82, 2.24) is 3.79 Å². The molecule has 0 radical (unpaired) electrons. The zero-order valence-electron chi connectivity index (χ0n) is 11.6. The first-order valence-corrected chi connectivity index (χ1v) is 7.95. The highest BCUT2D eigenvalue weighted by Gasteiger charge is 2.10. The third-order valence-electron chi connectivity index (χ3n) is 4.18. The molecule has 0 aliphatic heterocycles. The van der Waals surface area contributed by atoms with E-state index in [1.54, 1.807) is 11.5 Å². The van der Waals surface area contributed by atoms with Crippen LogP contribution in [0.3, 0.4) is 0 Å². The van der Waals surface area contributed by atoms with Crippen LogP contribution in [-0.2, 0) is 0 Å². The Labute approximate surface area is 130 Å². The summed E-state index contributed by atoms with van der Waals surface area (Å²) in [6.45, 7) is 0. The molecule has 0 bridgehead atoms. The van der Waals surface area contributed by atoms with Crippen molar-refractivity contribution < 1.29 is 0 Å². The Morgan fingerprint density at radius 3 is 2.23 bits per heavy atom. The molecule has 0 unspecified atom stereocenters. The number of para-hydroxylation sites is 1. The van der Waals surface area contributed by atoms with Gasteiger partial charge in [-0.15, -0.1) is 0 Å². The quantitative estimate of drug-likeness (QED) is 0.376. The van der Waals surface area contributed by atoms with Gasteiger partial charge in [-0.25, -0.2) is 0 Å². The lowest BCUT2D eigenvalue weighted by Crippen LogP contribution is -2.03. The van der Waals surface area contributed by atoms with Crippen molar-refractivity contribution in [3.05, 3.63) is 77.0 Å². The summed E-state index contributed by atoms with van der Waals surface area (Å²) in [5.41, 5.74) is 1.96. The first-order chi connectivity index (χ1) is 10.8. The van der Waals surface area contributed by atoms with Gasteiger partial charge in [0.1, 0.15) is 5.52 Å². The highest BCUT2D eigenvalue weighted by atomic mass is 32.1. The van der Waals surface area contributed by atoms with Crippen molar-refractivity contribution in [3.63, 3.8) is 0 Å². The monoisotopic (exact) mass is 301 g/mol. The van der Waals surface area contributed by atoms with Gasteiger partial charge in [-0.1, -0.05) is 54.0 Å². The average Bonchev–Trinajstić information content (AvgIpc) is 2.93. The third kappa shape index (κ3) is 1.51. The van der Waals surface area contributed by atoms with E-state index < -0.39 is 0 Å². The molecule has 0 amide bonds. The zero-order valence-corrected chi connectivity index (χ0v) is 12.4. The van der Waals surface area contributed by atoms with Gasteiger partial charge in [0.2, 0.25) is 5.43 Å². The first kappa shape index (κ1) is 12.0. The van der Waals surface area contributed by atoms with Gasteiger partial charge in [0.25, 0.3) is 0 Å². The van der Waals surface area contributed by atoms with E-state index in [0.717, 1.165) is 31.9 Å². The van der Waals surface area contributed by atoms with Gasteiger partial charge in [-0.2, -0.15) is 0 Å². The molecule has 0 aliphatic rings. The van der Waals surface area contributed by atoms with Crippen LogP contribution in [0.4, 0.5) is 0 Å². The predicted octanol–water partition coefficient (Wildman–Crippen LogP) is 4.82. The minimum absolute atomic E-state index is 0.107. The smallest absolute Gasteiger partial charge is 0.212 e. The van der Waals surface area contributed by atoms with Crippen LogP contribution in [0.25, 0.3) is 37.3 Å². The van der Waals surface area contributed by atoms with E-state index in [1.807, 2.05) is 36.4 Å². The number of hydrogen-bond acceptors (Lipinski definition) is 2. The summed E-state index contributed by atoms with van der Waals surface area (Å²) in [5, 5.41) is 4.19. The Hall–Kier alpha value is -2.65. The van der Waals surface area contributed by atoms with Gasteiger partial charge in [-0.05, 0) is 35.0 Å². The van der Waals surface area contributed by atoms with E-state index in [2.05, 4.69) is 34.1 Å². The van der Waals surface area contributed by atoms with Crippen LogP contribution in [-0.4, -0.2) is 3.79 Å². The number of hydrogen-bond donors (Lipinski definition) is 0. The van der Waals surface area contributed by atoms with Crippen molar-refractivity contribution in [2.24, 2.45) is 0 Å². The Morgan fingerprint density at radius 1 is 0.727 bits per heavy atom. The van der Waals surface area contributed by atoms with E-state index in [-0.39, 0.29) is 5.43 Å². The Morgan fingerprint density at radius 2 is 1.41 bits per heavy atom. The highest BCUT2D eigenvalue weighted by Crippen LogP contribution is 2.27. The standard InChI is InChI=1S/C19H11NOS/c21-19-15-9-12-5-1-2-6-13(12)11-18(15)22-20-16-8-4-3-7-14(16)10-17(19)20/h1-11H. The molecule has 2 heterocycles. The van der Waals surface area contributed by atoms with E-state index in [9.17, 15) is 4.79 Å². The van der Waals surface area contributed by atoms with Crippen LogP contribution in [0, 0.1) is 0 Å². The molecule has 2 nitrogen and oxygen atoms in total. The van der Waals surface area contributed by atoms with Crippen molar-refractivity contribution in [1.29, 1.82) is 0 Å². The molecule has 22 heavy (non-hydrogen) atoms. The summed E-state index contributed by atoms with van der Waals surface area (Å²) >= 11 is 1.63. The maximum Gasteiger partial charge on any atom is 0.212 e. The summed E-state index contributed by atoms with van der Waals surface area (Å²) < 4.78 is 3.08. The van der Waals surface area contributed by atoms with Crippen molar-refractivity contribution in [2.45, 2.75) is 0 Å². The number of fused-ring (bicyclic) bond motifs is 5. The van der Waals surface area contributed by atoms with Crippen LogP contribution < -0.4 is 5.43 Å². The molecule has 5 aromatic rings. The summed E-state index contributed by atoms with van der Waals surface area (Å²) in [6.07, 6.45) is 0. The second kappa shape index (κ2) is 4.18. The van der Waals surface area contributed by atoms with Gasteiger partial charge in [0.15, 0.2) is 0 Å². The maximum absolute atomic E-state index is 12.9. The fraction of sp³-hybridized carbons (Fsp3) is 0. The minimum atomic E-state index is 0.107. The van der Waals surface area contributed by atoms with E-state index >= 15 is 0 Å². The Bertz CT molecular complexity index is 1240. The normalized spacial score (nSPS) is 11.8. The third-order valence-corrected chi connectivity index (χ3v) is 5.29. The fourth-order valence-corrected chi connectivity index (χ4v) is 4.22. The van der Waals surface area contributed by atoms with Crippen molar-refractivity contribution in [3.8, 4) is 0 Å². The lowest BCUT2D eigenvalue weighted by molar-refractivity contribution is 1.43. The Kier molecular flexibility index (Phi) is 2.27. The molecule has 0 fully saturated rings. The summed E-state index contributed by atoms with van der Waals surface area (Å²) in [5.74, 6) is 0. The van der Waals surface area contributed by atoms with E-state index in [0.29, 0.717) is 0 Å². The maximum atomic E-state index is 12.9. The molecule has 0 spiro atoms. The molecule has 0 atom stereocenters. The molecule has 0 N–H and O–H groups in total. The highest BCUT2D eigenvalue weighted by molar-refractivity contribution is 7.14. The second-order valence-electron chi connectivity index (χ2n) is 5.50. The first-order valence-electron chi connectivity index (χ1n) is 7.17. The zero-order chi connectivity index (χ0) is 14.7. The Balaban J connectivity index is 2.07. The van der Waals surface area contributed by atoms with Gasteiger partial charge in [0.05, 0.1) is 10.2 Å². The molecule has 2 aromatic heterocycles. The molecule has 0 aliphatic carbocycles. The largest absolute Gasteiger partial charge is 0.287 e. The van der Waals surface area contributed by atoms with E-state index in [1.165, 1.54) is 5.39 Å². The van der Waals surface area contributed by atoms with Crippen molar-refractivity contribution >= 4 is 48.8 Å². The summed E-state index contributed by atoms with van der Waals surface area (Å²) in [6, 6.07) is 22.4. The second-order valence-corrected chi connectivity index (χ2v) is 6.49. The summed E-state index contributed by atoms with van der Waals surface area (Å²) in [7, 11) is 0. The van der Waals surface area contributed by atoms with Crippen LogP contribution >= 0.6 is 11.5 Å². The molecule has 3 aromatic carbocycles. The lowest BCUT2D eigenvalue weighted by atomic mass is 10.1. The number of nitrogens with zero attached hydrogens (tertiary/aromatic N) is 1. The number of rotatable bonds is 0. The average molecular weight is 301 g/mol. The van der Waals surface area contributed by atoms with Gasteiger partial charge < -0.3 is 0 Å². The molecular weight excluding hydrogens is 290 g/mol. The SMILES string of the molecule is O=c1c2cc3ccccc3cc2sn2c1cc1ccccc12. The molecule has 5 rings (SSSR count). The van der Waals surface area contributed by atoms with Gasteiger partial charge in [0, 0.05) is 10.8 Å². The number of aromatic nitrogens is 1. The summed E-state index contributed by atoms with van der Waals surface area (Å²) in [4.78, 5) is 12.9. The number of benzene rings is 3. The molecular formula is C19H11NOS. The predicted molar refractivity (Wildman–Crippen MR) is 94.1 cm³/mol. The molecule has 0 saturated carbocycles. The van der Waals surface area contributed by atoms with Crippen LogP contribution in [0.1, 0.15) is 0 Å². The topological polar surface area (TPSA) is 21.5 Å². The van der Waals surface area contributed by atoms with Gasteiger partial charge >= 0.3 is 0 Å². The minimum Gasteiger partial charge on any atom is -0.287 e. The van der Waals surface area contributed by atoms with Crippen LogP contribution in [0.5, 0.6) is 0 Å². The van der Waals surface area contributed by atoms with Crippen molar-refractivity contribution in [2.75, 3.05) is 0 Å². The van der Waals surface area contributed by atoms with Gasteiger partial charge in [-0.3, -0.25) is 8.58 Å². The molecule has 0 saturated heterocycles.